The van der Waals surface area contributed by atoms with Crippen molar-refractivity contribution in [2.24, 2.45) is 0 Å². The van der Waals surface area contributed by atoms with Crippen molar-refractivity contribution in [1.29, 1.82) is 0 Å². The molecule has 0 aliphatic carbocycles. The van der Waals surface area contributed by atoms with E-state index in [2.05, 4.69) is 4.98 Å². The summed E-state index contributed by atoms with van der Waals surface area (Å²) in [5.41, 5.74) is 5.03. The summed E-state index contributed by atoms with van der Waals surface area (Å²) in [6.07, 6.45) is 4.39. The number of carbonyl (C=O) groups is 1. The van der Waals surface area contributed by atoms with E-state index in [-0.39, 0.29) is 17.4 Å². The van der Waals surface area contributed by atoms with E-state index < -0.39 is 11.2 Å². The zero-order chi connectivity index (χ0) is 17.4. The van der Waals surface area contributed by atoms with E-state index in [0.717, 1.165) is 25.7 Å². The standard InChI is InChI=1S/C16H28N4O3/c1-4-7-9-12(21)19(11-8-5-2)13-14(17)20(10-6-3)16(23)18-15(13)22/h4-11,17H2,1-3H3,(H,18,22,23). The fraction of sp³-hybridized carbons (Fsp3) is 0.688. The Morgan fingerprint density at radius 2 is 1.78 bits per heavy atom. The predicted molar refractivity (Wildman–Crippen MR) is 92.8 cm³/mol. The van der Waals surface area contributed by atoms with Gasteiger partial charge < -0.3 is 10.6 Å². The number of aromatic nitrogens is 2. The van der Waals surface area contributed by atoms with Crippen LogP contribution in [0.4, 0.5) is 11.5 Å². The molecule has 23 heavy (non-hydrogen) atoms. The summed E-state index contributed by atoms with van der Waals surface area (Å²) in [7, 11) is 0. The second-order valence-electron chi connectivity index (χ2n) is 5.65. The van der Waals surface area contributed by atoms with E-state index in [0.29, 0.717) is 25.9 Å². The Bertz CT molecular complexity index is 633. The number of nitrogens with two attached hydrogens (primary N) is 1. The molecule has 0 fully saturated rings. The molecule has 0 radical (unpaired) electrons. The molecule has 3 N–H and O–H groups in total. The van der Waals surface area contributed by atoms with Gasteiger partial charge in [-0.25, -0.2) is 4.79 Å². The van der Waals surface area contributed by atoms with Gasteiger partial charge in [0.2, 0.25) is 5.91 Å². The molecule has 0 atom stereocenters. The lowest BCUT2D eigenvalue weighted by Crippen LogP contribution is -2.41. The Hall–Kier alpha value is -2.05. The number of amides is 1. The number of nitrogens with one attached hydrogen (secondary N) is 1. The highest BCUT2D eigenvalue weighted by Gasteiger charge is 2.23. The molecular weight excluding hydrogens is 296 g/mol. The number of rotatable bonds is 9. The molecule has 0 aliphatic heterocycles. The van der Waals surface area contributed by atoms with Crippen molar-refractivity contribution in [3.8, 4) is 0 Å². The maximum absolute atomic E-state index is 12.5. The summed E-state index contributed by atoms with van der Waals surface area (Å²) in [5.74, 6) is -0.0549. The molecule has 0 spiro atoms. The van der Waals surface area contributed by atoms with Gasteiger partial charge in [-0.1, -0.05) is 33.6 Å². The van der Waals surface area contributed by atoms with Gasteiger partial charge in [0.15, 0.2) is 5.69 Å². The number of hydrogen-bond acceptors (Lipinski definition) is 4. The lowest BCUT2D eigenvalue weighted by molar-refractivity contribution is -0.118. The fourth-order valence-electron chi connectivity index (χ4n) is 2.42. The number of hydrogen-bond donors (Lipinski definition) is 2. The van der Waals surface area contributed by atoms with Gasteiger partial charge in [0.25, 0.3) is 5.56 Å². The summed E-state index contributed by atoms with van der Waals surface area (Å²) < 4.78 is 1.32. The summed E-state index contributed by atoms with van der Waals surface area (Å²) in [5, 5.41) is 0. The maximum Gasteiger partial charge on any atom is 0.330 e. The summed E-state index contributed by atoms with van der Waals surface area (Å²) in [4.78, 5) is 40.4. The number of aromatic amines is 1. The van der Waals surface area contributed by atoms with Gasteiger partial charge >= 0.3 is 5.69 Å². The molecule has 1 rings (SSSR count). The van der Waals surface area contributed by atoms with E-state index >= 15 is 0 Å². The largest absolute Gasteiger partial charge is 0.383 e. The van der Waals surface area contributed by atoms with Gasteiger partial charge in [-0.2, -0.15) is 0 Å². The van der Waals surface area contributed by atoms with E-state index in [4.69, 9.17) is 5.73 Å². The highest BCUT2D eigenvalue weighted by molar-refractivity contribution is 5.95. The van der Waals surface area contributed by atoms with E-state index in [9.17, 15) is 14.4 Å². The van der Waals surface area contributed by atoms with Crippen molar-refractivity contribution in [3.05, 3.63) is 20.8 Å². The van der Waals surface area contributed by atoms with Crippen LogP contribution in [0.25, 0.3) is 0 Å². The monoisotopic (exact) mass is 324 g/mol. The van der Waals surface area contributed by atoms with Crippen LogP contribution in [0.2, 0.25) is 0 Å². The molecular formula is C16H28N4O3. The van der Waals surface area contributed by atoms with E-state index in [1.807, 2.05) is 20.8 Å². The third-order valence-corrected chi connectivity index (χ3v) is 3.71. The minimum absolute atomic E-state index is 0.0709. The van der Waals surface area contributed by atoms with Crippen molar-refractivity contribution in [1.82, 2.24) is 9.55 Å². The number of nitrogens with zero attached hydrogens (tertiary/aromatic N) is 2. The van der Waals surface area contributed by atoms with Crippen LogP contribution in [0.1, 0.15) is 59.3 Å². The van der Waals surface area contributed by atoms with Crippen molar-refractivity contribution >= 4 is 17.4 Å². The Labute approximate surface area is 136 Å². The first-order chi connectivity index (χ1) is 11.0. The van der Waals surface area contributed by atoms with Crippen LogP contribution in [-0.2, 0) is 11.3 Å². The summed E-state index contributed by atoms with van der Waals surface area (Å²) in [6.45, 7) is 6.76. The summed E-state index contributed by atoms with van der Waals surface area (Å²) >= 11 is 0. The predicted octanol–water partition coefficient (Wildman–Crippen LogP) is 1.85. The van der Waals surface area contributed by atoms with Crippen LogP contribution < -0.4 is 21.9 Å². The first-order valence-electron chi connectivity index (χ1n) is 8.40. The molecule has 1 heterocycles. The Kier molecular flexibility index (Phi) is 7.57. The first-order valence-corrected chi connectivity index (χ1v) is 8.40. The highest BCUT2D eigenvalue weighted by atomic mass is 16.2. The molecule has 0 unspecified atom stereocenters. The Morgan fingerprint density at radius 1 is 1.13 bits per heavy atom. The Morgan fingerprint density at radius 3 is 2.35 bits per heavy atom. The van der Waals surface area contributed by atoms with Gasteiger partial charge in [-0.05, 0) is 19.3 Å². The van der Waals surface area contributed by atoms with Crippen molar-refractivity contribution < 1.29 is 4.79 Å². The SMILES string of the molecule is CCCCC(=O)N(CCCC)c1c(N)n(CCC)c(=O)[nH]c1=O. The van der Waals surface area contributed by atoms with Crippen LogP contribution in [0, 0.1) is 0 Å². The third kappa shape index (κ3) is 4.71. The van der Waals surface area contributed by atoms with Crippen LogP contribution in [0.15, 0.2) is 9.59 Å². The molecule has 0 saturated heterocycles. The van der Waals surface area contributed by atoms with Gasteiger partial charge in [-0.15, -0.1) is 0 Å². The molecule has 7 heteroatoms. The zero-order valence-corrected chi connectivity index (χ0v) is 14.4. The molecule has 0 aliphatic rings. The van der Waals surface area contributed by atoms with Crippen molar-refractivity contribution in [2.75, 3.05) is 17.2 Å². The Balaban J connectivity index is 3.34. The van der Waals surface area contributed by atoms with Crippen LogP contribution >= 0.6 is 0 Å². The molecule has 1 aromatic heterocycles. The number of anilines is 2. The lowest BCUT2D eigenvalue weighted by atomic mass is 10.2. The van der Waals surface area contributed by atoms with Crippen LogP contribution in [0.5, 0.6) is 0 Å². The van der Waals surface area contributed by atoms with Crippen molar-refractivity contribution in [3.63, 3.8) is 0 Å². The normalized spacial score (nSPS) is 10.7. The average molecular weight is 324 g/mol. The van der Waals surface area contributed by atoms with Gasteiger partial charge in [0, 0.05) is 19.5 Å². The quantitative estimate of drug-likeness (QED) is 0.723. The average Bonchev–Trinajstić information content (AvgIpc) is 2.52. The minimum atomic E-state index is -0.596. The summed E-state index contributed by atoms with van der Waals surface area (Å²) in [6, 6.07) is 0. The van der Waals surface area contributed by atoms with Crippen LogP contribution in [-0.4, -0.2) is 22.0 Å². The first kappa shape index (κ1) is 19.0. The second-order valence-corrected chi connectivity index (χ2v) is 5.65. The van der Waals surface area contributed by atoms with E-state index in [1.54, 1.807) is 0 Å². The third-order valence-electron chi connectivity index (χ3n) is 3.71. The number of unbranched alkanes of at least 4 members (excludes halogenated alkanes) is 2. The molecule has 1 amide bonds. The second kappa shape index (κ2) is 9.17. The fourth-order valence-corrected chi connectivity index (χ4v) is 2.42. The van der Waals surface area contributed by atoms with Gasteiger partial charge in [0.05, 0.1) is 0 Å². The van der Waals surface area contributed by atoms with E-state index in [1.165, 1.54) is 9.47 Å². The molecule has 7 nitrogen and oxygen atoms in total. The smallest absolute Gasteiger partial charge is 0.330 e. The molecule has 1 aromatic rings. The van der Waals surface area contributed by atoms with Gasteiger partial charge in [-0.3, -0.25) is 19.1 Å². The molecule has 0 saturated carbocycles. The number of nitrogen functional groups attached to an aromatic ring is 1. The maximum atomic E-state index is 12.5. The van der Waals surface area contributed by atoms with Gasteiger partial charge in [0.1, 0.15) is 5.82 Å². The molecule has 130 valence electrons. The highest BCUT2D eigenvalue weighted by Crippen LogP contribution is 2.19. The molecule has 0 aromatic carbocycles. The molecule has 0 bridgehead atoms. The lowest BCUT2D eigenvalue weighted by Gasteiger charge is -2.24. The zero-order valence-electron chi connectivity index (χ0n) is 14.4. The number of H-pyrrole nitrogens is 1. The van der Waals surface area contributed by atoms with Crippen molar-refractivity contribution in [2.45, 2.75) is 65.8 Å². The minimum Gasteiger partial charge on any atom is -0.383 e. The number of carbonyl (C=O) groups excluding carboxylic acids is 1. The van der Waals surface area contributed by atoms with Crippen LogP contribution in [0.3, 0.4) is 0 Å². The topological polar surface area (TPSA) is 101 Å².